The lowest BCUT2D eigenvalue weighted by Crippen LogP contribution is -2.24. The topological polar surface area (TPSA) is 82.9 Å². The van der Waals surface area contributed by atoms with Crippen LogP contribution in [-0.4, -0.2) is 23.2 Å². The summed E-state index contributed by atoms with van der Waals surface area (Å²) in [6.07, 6.45) is 12.6. The Labute approximate surface area is 163 Å². The zero-order valence-electron chi connectivity index (χ0n) is 17.1. The van der Waals surface area contributed by atoms with Gasteiger partial charge in [0.1, 0.15) is 0 Å². The van der Waals surface area contributed by atoms with Crippen LogP contribution in [0.2, 0.25) is 0 Å². The lowest BCUT2D eigenvalue weighted by atomic mass is 9.89. The molecule has 2 unspecified atom stereocenters. The van der Waals surface area contributed by atoms with Crippen molar-refractivity contribution < 1.29 is 9.59 Å². The summed E-state index contributed by atoms with van der Waals surface area (Å²) in [5.74, 6) is 0.917. The third-order valence-electron chi connectivity index (χ3n) is 5.73. The summed E-state index contributed by atoms with van der Waals surface area (Å²) in [5, 5.41) is 8.61. The van der Waals surface area contributed by atoms with Gasteiger partial charge in [0.15, 0.2) is 0 Å². The van der Waals surface area contributed by atoms with Gasteiger partial charge in [0.05, 0.1) is 0 Å². The van der Waals surface area contributed by atoms with Crippen LogP contribution in [0, 0.1) is 11.8 Å². The molecule has 0 aromatic carbocycles. The number of amides is 2. The summed E-state index contributed by atoms with van der Waals surface area (Å²) in [6.45, 7) is 4.35. The van der Waals surface area contributed by atoms with Crippen LogP contribution in [0.4, 0.5) is 0 Å². The molecule has 6 nitrogen and oxygen atoms in total. The largest absolute Gasteiger partial charge is 0.273 e. The predicted molar refractivity (Wildman–Crippen MR) is 110 cm³/mol. The number of unbranched alkanes of at least 4 members (excludes halogenated alkanes) is 2. The van der Waals surface area contributed by atoms with Gasteiger partial charge in [-0.1, -0.05) is 33.1 Å². The molecule has 2 atom stereocenters. The second kappa shape index (κ2) is 11.9. The molecular formula is C21H36N4O2. The Kier molecular flexibility index (Phi) is 9.50. The van der Waals surface area contributed by atoms with Crippen LogP contribution in [0.3, 0.4) is 0 Å². The van der Waals surface area contributed by atoms with E-state index >= 15 is 0 Å². The lowest BCUT2D eigenvalue weighted by Gasteiger charge is -2.19. The Hall–Kier alpha value is -1.72. The molecular weight excluding hydrogens is 340 g/mol. The molecule has 2 aliphatic rings. The lowest BCUT2D eigenvalue weighted by molar-refractivity contribution is -0.121. The summed E-state index contributed by atoms with van der Waals surface area (Å²) >= 11 is 0. The van der Waals surface area contributed by atoms with Crippen molar-refractivity contribution in [2.24, 2.45) is 22.0 Å². The Morgan fingerprint density at radius 2 is 1.22 bits per heavy atom. The number of hydrogen-bond donors (Lipinski definition) is 2. The summed E-state index contributed by atoms with van der Waals surface area (Å²) in [5.41, 5.74) is 7.64. The third kappa shape index (κ3) is 8.22. The van der Waals surface area contributed by atoms with Gasteiger partial charge in [-0.3, -0.25) is 9.59 Å². The van der Waals surface area contributed by atoms with Crippen LogP contribution in [-0.2, 0) is 9.59 Å². The Morgan fingerprint density at radius 3 is 1.63 bits per heavy atom. The van der Waals surface area contributed by atoms with Crippen LogP contribution in [0.25, 0.3) is 0 Å². The third-order valence-corrected chi connectivity index (χ3v) is 5.73. The van der Waals surface area contributed by atoms with Gasteiger partial charge in [0.25, 0.3) is 0 Å². The van der Waals surface area contributed by atoms with Crippen molar-refractivity contribution in [2.45, 2.75) is 97.3 Å². The molecule has 2 aliphatic carbocycles. The number of nitrogens with one attached hydrogen (secondary N) is 2. The summed E-state index contributed by atoms with van der Waals surface area (Å²) < 4.78 is 0. The van der Waals surface area contributed by atoms with Crippen LogP contribution in [0.15, 0.2) is 10.2 Å². The van der Waals surface area contributed by atoms with Gasteiger partial charge in [-0.2, -0.15) is 10.2 Å². The standard InChI is InChI=1S/C21H36N4O2/c1-16-10-6-8-12-18(16)22-24-20(26)14-4-3-5-15-21(27)25-23-19-13-9-7-11-17(19)2/h16-17H,3-15H2,1-2H3,(H,24,26)(H,25,27). The number of rotatable bonds is 8. The molecule has 6 heteroatoms. The van der Waals surface area contributed by atoms with Crippen molar-refractivity contribution >= 4 is 23.2 Å². The van der Waals surface area contributed by atoms with Gasteiger partial charge in [-0.05, 0) is 63.2 Å². The fourth-order valence-corrected chi connectivity index (χ4v) is 3.80. The quantitative estimate of drug-likeness (QED) is 0.489. The molecule has 0 heterocycles. The van der Waals surface area contributed by atoms with Gasteiger partial charge in [0, 0.05) is 24.3 Å². The minimum atomic E-state index is -0.0255. The van der Waals surface area contributed by atoms with E-state index in [4.69, 9.17) is 0 Å². The van der Waals surface area contributed by atoms with Crippen molar-refractivity contribution in [3.05, 3.63) is 0 Å². The van der Waals surface area contributed by atoms with Crippen LogP contribution < -0.4 is 10.9 Å². The van der Waals surface area contributed by atoms with Gasteiger partial charge in [-0.25, -0.2) is 10.9 Å². The first-order chi connectivity index (χ1) is 13.1. The number of carbonyl (C=O) groups excluding carboxylic acids is 2. The Morgan fingerprint density at radius 1 is 0.778 bits per heavy atom. The van der Waals surface area contributed by atoms with Crippen LogP contribution in [0.1, 0.15) is 97.3 Å². The smallest absolute Gasteiger partial charge is 0.240 e. The highest BCUT2D eigenvalue weighted by Crippen LogP contribution is 2.21. The van der Waals surface area contributed by atoms with E-state index in [1.165, 1.54) is 38.5 Å². The van der Waals surface area contributed by atoms with Crippen LogP contribution in [0.5, 0.6) is 0 Å². The van der Waals surface area contributed by atoms with E-state index in [9.17, 15) is 9.59 Å². The minimum Gasteiger partial charge on any atom is -0.273 e. The fourth-order valence-electron chi connectivity index (χ4n) is 3.80. The fraction of sp³-hybridized carbons (Fsp3) is 0.810. The summed E-state index contributed by atoms with van der Waals surface area (Å²) in [6, 6.07) is 0. The molecule has 0 aromatic heterocycles. The first kappa shape index (κ1) is 21.6. The van der Waals surface area contributed by atoms with Crippen molar-refractivity contribution in [3.8, 4) is 0 Å². The van der Waals surface area contributed by atoms with E-state index in [2.05, 4.69) is 34.9 Å². The molecule has 0 aromatic rings. The molecule has 27 heavy (non-hydrogen) atoms. The predicted octanol–water partition coefficient (Wildman–Crippen LogP) is 4.30. The molecule has 0 aliphatic heterocycles. The highest BCUT2D eigenvalue weighted by molar-refractivity contribution is 5.89. The van der Waals surface area contributed by atoms with Gasteiger partial charge in [-0.15, -0.1) is 0 Å². The molecule has 0 saturated heterocycles. The molecule has 0 bridgehead atoms. The second-order valence-electron chi connectivity index (χ2n) is 8.13. The average Bonchev–Trinajstić information content (AvgIpc) is 2.66. The number of hydrazone groups is 2. The Bertz CT molecular complexity index is 508. The molecule has 0 radical (unpaired) electrons. The van der Waals surface area contributed by atoms with Crippen LogP contribution >= 0.6 is 0 Å². The van der Waals surface area contributed by atoms with E-state index in [0.29, 0.717) is 24.7 Å². The van der Waals surface area contributed by atoms with Crippen molar-refractivity contribution in [1.82, 2.24) is 10.9 Å². The SMILES string of the molecule is CC1CCCCC1=NNC(=O)CCCCCC(=O)NN=C1CCCCC1C. The van der Waals surface area contributed by atoms with Crippen molar-refractivity contribution in [2.75, 3.05) is 0 Å². The molecule has 152 valence electrons. The first-order valence-electron chi connectivity index (χ1n) is 10.8. The normalized spacial score (nSPS) is 26.1. The summed E-state index contributed by atoms with van der Waals surface area (Å²) in [7, 11) is 0. The van der Waals surface area contributed by atoms with Crippen molar-refractivity contribution in [1.29, 1.82) is 0 Å². The number of nitrogens with zero attached hydrogens (tertiary/aromatic N) is 2. The molecule has 2 fully saturated rings. The maximum Gasteiger partial charge on any atom is 0.240 e. The van der Waals surface area contributed by atoms with E-state index in [1.807, 2.05) is 0 Å². The highest BCUT2D eigenvalue weighted by atomic mass is 16.2. The van der Waals surface area contributed by atoms with Gasteiger partial charge < -0.3 is 0 Å². The van der Waals surface area contributed by atoms with Crippen molar-refractivity contribution in [3.63, 3.8) is 0 Å². The molecule has 2 rings (SSSR count). The Balaban J connectivity index is 1.53. The highest BCUT2D eigenvalue weighted by Gasteiger charge is 2.17. The minimum absolute atomic E-state index is 0.0255. The average molecular weight is 377 g/mol. The van der Waals surface area contributed by atoms with E-state index in [0.717, 1.165) is 43.5 Å². The zero-order chi connectivity index (χ0) is 19.5. The van der Waals surface area contributed by atoms with E-state index in [1.54, 1.807) is 0 Å². The maximum absolute atomic E-state index is 11.9. The molecule has 2 N–H and O–H groups in total. The molecule has 2 amide bonds. The second-order valence-corrected chi connectivity index (χ2v) is 8.13. The zero-order valence-corrected chi connectivity index (χ0v) is 17.1. The first-order valence-corrected chi connectivity index (χ1v) is 10.8. The molecule has 2 saturated carbocycles. The number of carbonyl (C=O) groups is 2. The van der Waals surface area contributed by atoms with E-state index in [-0.39, 0.29) is 11.8 Å². The van der Waals surface area contributed by atoms with Gasteiger partial charge >= 0.3 is 0 Å². The maximum atomic E-state index is 11.9. The molecule has 0 spiro atoms. The monoisotopic (exact) mass is 376 g/mol. The van der Waals surface area contributed by atoms with E-state index < -0.39 is 0 Å². The van der Waals surface area contributed by atoms with Gasteiger partial charge in [0.2, 0.25) is 11.8 Å². The summed E-state index contributed by atoms with van der Waals surface area (Å²) in [4.78, 5) is 23.8. The number of hydrogen-bond acceptors (Lipinski definition) is 4.